The van der Waals surface area contributed by atoms with Crippen molar-refractivity contribution in [2.45, 2.75) is 6.92 Å². The Labute approximate surface area is 161 Å². The van der Waals surface area contributed by atoms with Gasteiger partial charge < -0.3 is 19.3 Å². The Morgan fingerprint density at radius 3 is 2.15 bits per heavy atom. The fourth-order valence-corrected chi connectivity index (χ4v) is 3.45. The second kappa shape index (κ2) is 8.68. The quantitative estimate of drug-likeness (QED) is 0.595. The zero-order valence-corrected chi connectivity index (χ0v) is 15.7. The van der Waals surface area contributed by atoms with Gasteiger partial charge in [-0.2, -0.15) is 0 Å². The fraction of sp³-hybridized carbons (Fsp3) is 0.316. The fourth-order valence-electron chi connectivity index (χ4n) is 2.76. The Morgan fingerprint density at radius 2 is 1.59 bits per heavy atom. The topological polar surface area (TPSA) is 76.2 Å². The number of rotatable bonds is 4. The number of ether oxygens (including phenoxy) is 2. The van der Waals surface area contributed by atoms with Gasteiger partial charge in [0, 0.05) is 31.7 Å². The van der Waals surface area contributed by atoms with Gasteiger partial charge in [-0.1, -0.05) is 6.07 Å². The number of nitrogens with zero attached hydrogens (tertiary/aromatic N) is 2. The van der Waals surface area contributed by atoms with Crippen molar-refractivity contribution in [3.8, 4) is 5.75 Å². The summed E-state index contributed by atoms with van der Waals surface area (Å²) in [5.41, 5.74) is 0.504. The van der Waals surface area contributed by atoms with Crippen molar-refractivity contribution in [2.24, 2.45) is 0 Å². The smallest absolute Gasteiger partial charge is 0.434 e. The minimum Gasteiger partial charge on any atom is -0.434 e. The first-order valence-corrected chi connectivity index (χ1v) is 9.53. The van der Waals surface area contributed by atoms with E-state index in [1.54, 1.807) is 41.0 Å². The number of hydrogen-bond acceptors (Lipinski definition) is 6. The number of piperazine rings is 1. The van der Waals surface area contributed by atoms with E-state index in [1.165, 1.54) is 11.3 Å². The molecule has 0 spiro atoms. The molecule has 1 saturated heterocycles. The molecular formula is C19H20N2O5S. The van der Waals surface area contributed by atoms with Crippen LogP contribution in [-0.2, 0) is 4.74 Å². The first-order valence-electron chi connectivity index (χ1n) is 8.65. The van der Waals surface area contributed by atoms with E-state index in [4.69, 9.17) is 9.47 Å². The molecular weight excluding hydrogens is 368 g/mol. The average Bonchev–Trinajstić information content (AvgIpc) is 3.22. The second-order valence-electron chi connectivity index (χ2n) is 5.87. The molecule has 8 heteroatoms. The Bertz CT molecular complexity index is 796. The molecule has 142 valence electrons. The van der Waals surface area contributed by atoms with Gasteiger partial charge >= 0.3 is 6.16 Å². The third-order valence-electron chi connectivity index (χ3n) is 4.15. The average molecular weight is 388 g/mol. The number of amides is 2. The minimum atomic E-state index is -0.775. The van der Waals surface area contributed by atoms with Crippen LogP contribution in [0.2, 0.25) is 0 Å². The third-order valence-corrected chi connectivity index (χ3v) is 5.01. The van der Waals surface area contributed by atoms with Crippen LogP contribution in [0.3, 0.4) is 0 Å². The van der Waals surface area contributed by atoms with Crippen molar-refractivity contribution in [1.82, 2.24) is 9.80 Å². The summed E-state index contributed by atoms with van der Waals surface area (Å²) < 4.78 is 9.69. The van der Waals surface area contributed by atoms with Gasteiger partial charge in [-0.3, -0.25) is 9.59 Å². The van der Waals surface area contributed by atoms with Gasteiger partial charge in [-0.15, -0.1) is 11.3 Å². The maximum atomic E-state index is 12.6. The molecule has 1 aliphatic rings. The van der Waals surface area contributed by atoms with Gasteiger partial charge in [0.15, 0.2) is 0 Å². The van der Waals surface area contributed by atoms with Gasteiger partial charge in [0.2, 0.25) is 0 Å². The SMILES string of the molecule is CCOC(=O)Oc1ccc(C(=O)N2CCN(C(=O)c3cccs3)CC2)cc1. The molecule has 0 radical (unpaired) electrons. The van der Waals surface area contributed by atoms with Crippen LogP contribution in [0.15, 0.2) is 41.8 Å². The summed E-state index contributed by atoms with van der Waals surface area (Å²) in [5, 5.41) is 1.88. The molecule has 0 saturated carbocycles. The lowest BCUT2D eigenvalue weighted by Crippen LogP contribution is -2.50. The maximum Gasteiger partial charge on any atom is 0.513 e. The first-order chi connectivity index (χ1) is 13.1. The van der Waals surface area contributed by atoms with Crippen molar-refractivity contribution in [3.05, 3.63) is 52.2 Å². The minimum absolute atomic E-state index is 0.0116. The van der Waals surface area contributed by atoms with Crippen LogP contribution in [0.25, 0.3) is 0 Å². The maximum absolute atomic E-state index is 12.6. The van der Waals surface area contributed by atoms with Crippen LogP contribution in [0, 0.1) is 0 Å². The molecule has 2 aromatic rings. The van der Waals surface area contributed by atoms with Crippen LogP contribution < -0.4 is 4.74 Å². The van der Waals surface area contributed by atoms with Crippen LogP contribution in [-0.4, -0.2) is 60.6 Å². The highest BCUT2D eigenvalue weighted by Crippen LogP contribution is 2.17. The molecule has 1 aliphatic heterocycles. The lowest BCUT2D eigenvalue weighted by Gasteiger charge is -2.34. The highest BCUT2D eigenvalue weighted by atomic mass is 32.1. The summed E-state index contributed by atoms with van der Waals surface area (Å²) in [6.07, 6.45) is -0.775. The zero-order chi connectivity index (χ0) is 19.2. The van der Waals surface area contributed by atoms with E-state index in [0.717, 1.165) is 0 Å². The van der Waals surface area contributed by atoms with Crippen LogP contribution in [0.5, 0.6) is 5.75 Å². The van der Waals surface area contributed by atoms with E-state index in [2.05, 4.69) is 0 Å². The van der Waals surface area contributed by atoms with Crippen molar-refractivity contribution >= 4 is 29.3 Å². The van der Waals surface area contributed by atoms with Crippen molar-refractivity contribution in [1.29, 1.82) is 0 Å². The molecule has 1 aromatic heterocycles. The summed E-state index contributed by atoms with van der Waals surface area (Å²) in [4.78, 5) is 40.5. The predicted molar refractivity (Wildman–Crippen MR) is 100 cm³/mol. The number of benzene rings is 1. The van der Waals surface area contributed by atoms with Gasteiger partial charge in [0.25, 0.3) is 11.8 Å². The van der Waals surface area contributed by atoms with Gasteiger partial charge in [0.05, 0.1) is 11.5 Å². The van der Waals surface area contributed by atoms with Crippen molar-refractivity contribution < 1.29 is 23.9 Å². The molecule has 1 fully saturated rings. The second-order valence-corrected chi connectivity index (χ2v) is 6.82. The zero-order valence-electron chi connectivity index (χ0n) is 14.9. The van der Waals surface area contributed by atoms with E-state index in [0.29, 0.717) is 42.4 Å². The first kappa shape index (κ1) is 18.9. The molecule has 0 unspecified atom stereocenters. The Morgan fingerprint density at radius 1 is 0.963 bits per heavy atom. The molecule has 7 nitrogen and oxygen atoms in total. The van der Waals surface area contributed by atoms with Crippen LogP contribution in [0.4, 0.5) is 4.79 Å². The molecule has 2 heterocycles. The third kappa shape index (κ3) is 4.65. The van der Waals surface area contributed by atoms with Crippen LogP contribution in [0.1, 0.15) is 27.0 Å². The number of carbonyl (C=O) groups is 3. The highest BCUT2D eigenvalue weighted by Gasteiger charge is 2.25. The molecule has 0 N–H and O–H groups in total. The number of thiophene rings is 1. The summed E-state index contributed by atoms with van der Waals surface area (Å²) in [5.74, 6) is 0.217. The van der Waals surface area contributed by atoms with E-state index in [1.807, 2.05) is 17.5 Å². The normalized spacial score (nSPS) is 14.0. The lowest BCUT2D eigenvalue weighted by molar-refractivity contribution is 0.0538. The van der Waals surface area contributed by atoms with E-state index < -0.39 is 6.16 Å². The Balaban J connectivity index is 1.54. The molecule has 0 aliphatic carbocycles. The molecule has 1 aromatic carbocycles. The van der Waals surface area contributed by atoms with Crippen molar-refractivity contribution in [2.75, 3.05) is 32.8 Å². The van der Waals surface area contributed by atoms with E-state index in [-0.39, 0.29) is 18.4 Å². The Hall–Kier alpha value is -2.87. The summed E-state index contributed by atoms with van der Waals surface area (Å²) in [6.45, 7) is 3.90. The molecule has 2 amide bonds. The number of carbonyl (C=O) groups excluding carboxylic acids is 3. The highest BCUT2D eigenvalue weighted by molar-refractivity contribution is 7.12. The van der Waals surface area contributed by atoms with Crippen molar-refractivity contribution in [3.63, 3.8) is 0 Å². The van der Waals surface area contributed by atoms with Gasteiger partial charge in [-0.25, -0.2) is 4.79 Å². The summed E-state index contributed by atoms with van der Waals surface area (Å²) in [6, 6.07) is 10.00. The van der Waals surface area contributed by atoms with Gasteiger partial charge in [0.1, 0.15) is 5.75 Å². The monoisotopic (exact) mass is 388 g/mol. The molecule has 0 atom stereocenters. The molecule has 3 rings (SSSR count). The standard InChI is InChI=1S/C19H20N2O5S/c1-2-25-19(24)26-15-7-5-14(6-8-15)17(22)20-9-11-21(12-10-20)18(23)16-4-3-13-27-16/h3-8,13H,2,9-12H2,1H3. The van der Waals surface area contributed by atoms with Gasteiger partial charge in [-0.05, 0) is 42.6 Å². The molecule has 0 bridgehead atoms. The van der Waals surface area contributed by atoms with E-state index >= 15 is 0 Å². The Kier molecular flexibility index (Phi) is 6.08. The number of hydrogen-bond donors (Lipinski definition) is 0. The summed E-state index contributed by atoms with van der Waals surface area (Å²) in [7, 11) is 0. The largest absolute Gasteiger partial charge is 0.513 e. The lowest BCUT2D eigenvalue weighted by atomic mass is 10.1. The molecule has 27 heavy (non-hydrogen) atoms. The van der Waals surface area contributed by atoms with Crippen LogP contribution >= 0.6 is 11.3 Å². The van der Waals surface area contributed by atoms with E-state index in [9.17, 15) is 14.4 Å². The predicted octanol–water partition coefficient (Wildman–Crippen LogP) is 2.88. The summed E-state index contributed by atoms with van der Waals surface area (Å²) >= 11 is 1.42.